The van der Waals surface area contributed by atoms with Crippen LogP contribution in [0.4, 0.5) is 0 Å². The average Bonchev–Trinajstić information content (AvgIpc) is 3.14. The van der Waals surface area contributed by atoms with Gasteiger partial charge < -0.3 is 9.64 Å². The Morgan fingerprint density at radius 3 is 2.83 bits per heavy atom. The van der Waals surface area contributed by atoms with Crippen LogP contribution in [0.25, 0.3) is 0 Å². The molecule has 2 heteroatoms. The summed E-state index contributed by atoms with van der Waals surface area (Å²) in [6.07, 6.45) is 15.3. The first kappa shape index (κ1) is 15.7. The summed E-state index contributed by atoms with van der Waals surface area (Å²) in [7, 11) is 0. The van der Waals surface area contributed by atoms with Gasteiger partial charge in [-0.2, -0.15) is 0 Å². The zero-order chi connectivity index (χ0) is 16.5. The van der Waals surface area contributed by atoms with Crippen molar-refractivity contribution >= 4 is 0 Å². The molecule has 3 heterocycles. The summed E-state index contributed by atoms with van der Waals surface area (Å²) in [6.45, 7) is 8.58. The largest absolute Gasteiger partial charge is 0.374 e. The van der Waals surface area contributed by atoms with Gasteiger partial charge in [0.1, 0.15) is 0 Å². The lowest BCUT2D eigenvalue weighted by Gasteiger charge is -2.47. The van der Waals surface area contributed by atoms with Crippen LogP contribution >= 0.6 is 0 Å². The number of ether oxygens (including phenoxy) is 1. The lowest BCUT2D eigenvalue weighted by molar-refractivity contribution is -0.114. The minimum Gasteiger partial charge on any atom is -0.374 e. The van der Waals surface area contributed by atoms with E-state index in [9.17, 15) is 0 Å². The third kappa shape index (κ3) is 2.17. The van der Waals surface area contributed by atoms with Crippen LogP contribution in [0.1, 0.15) is 65.7 Å². The van der Waals surface area contributed by atoms with Crippen molar-refractivity contribution in [2.24, 2.45) is 35.5 Å². The van der Waals surface area contributed by atoms with E-state index < -0.39 is 0 Å². The second-order valence-corrected chi connectivity index (χ2v) is 10.1. The minimum atomic E-state index is 0.169. The third-order valence-electron chi connectivity index (χ3n) is 8.61. The summed E-state index contributed by atoms with van der Waals surface area (Å²) < 4.78 is 7.05. The number of rotatable bonds is 1. The average molecular weight is 330 g/mol. The molecule has 8 atom stereocenters. The van der Waals surface area contributed by atoms with Gasteiger partial charge in [-0.1, -0.05) is 19.9 Å². The molecule has 4 fully saturated rings. The molecule has 5 rings (SSSR count). The van der Waals surface area contributed by atoms with Crippen LogP contribution in [0.15, 0.2) is 12.3 Å². The zero-order valence-corrected chi connectivity index (χ0v) is 15.8. The fourth-order valence-corrected chi connectivity index (χ4v) is 7.39. The molecule has 0 spiro atoms. The molecule has 0 aromatic carbocycles. The number of hydrogen-bond donors (Lipinski definition) is 0. The second kappa shape index (κ2) is 5.50. The Labute approximate surface area is 148 Å². The highest BCUT2D eigenvalue weighted by Crippen LogP contribution is 2.59. The summed E-state index contributed by atoms with van der Waals surface area (Å²) in [4.78, 5) is 2.65. The Morgan fingerprint density at radius 1 is 1.12 bits per heavy atom. The van der Waals surface area contributed by atoms with E-state index in [1.165, 1.54) is 51.5 Å². The molecular weight excluding hydrogens is 294 g/mol. The van der Waals surface area contributed by atoms with Gasteiger partial charge in [0.15, 0.2) is 0 Å². The van der Waals surface area contributed by atoms with Gasteiger partial charge in [0.25, 0.3) is 0 Å². The minimum absolute atomic E-state index is 0.169. The molecule has 134 valence electrons. The monoisotopic (exact) mass is 329 g/mol. The van der Waals surface area contributed by atoms with Crippen LogP contribution in [0.2, 0.25) is 0 Å². The highest BCUT2D eigenvalue weighted by atomic mass is 16.5. The Kier molecular flexibility index (Phi) is 3.60. The van der Waals surface area contributed by atoms with E-state index in [-0.39, 0.29) is 5.60 Å². The van der Waals surface area contributed by atoms with Crippen molar-refractivity contribution in [3.63, 3.8) is 0 Å². The van der Waals surface area contributed by atoms with Crippen LogP contribution in [-0.4, -0.2) is 29.2 Å². The number of allylic oxidation sites excluding steroid dienone is 1. The van der Waals surface area contributed by atoms with Gasteiger partial charge in [-0.05, 0) is 87.7 Å². The normalized spacial score (nSPS) is 52.8. The van der Waals surface area contributed by atoms with Crippen molar-refractivity contribution in [1.29, 1.82) is 0 Å². The summed E-state index contributed by atoms with van der Waals surface area (Å²) >= 11 is 0. The van der Waals surface area contributed by atoms with Crippen LogP contribution in [0.3, 0.4) is 0 Å². The Balaban J connectivity index is 1.44. The van der Waals surface area contributed by atoms with Crippen molar-refractivity contribution in [2.45, 2.75) is 83.5 Å². The van der Waals surface area contributed by atoms with Crippen LogP contribution in [0, 0.1) is 35.5 Å². The molecule has 2 aliphatic carbocycles. The first-order valence-electron chi connectivity index (χ1n) is 10.7. The summed E-state index contributed by atoms with van der Waals surface area (Å²) in [5, 5.41) is 0. The number of nitrogens with zero attached hydrogens (tertiary/aromatic N) is 1. The van der Waals surface area contributed by atoms with Crippen molar-refractivity contribution in [3.8, 4) is 0 Å². The molecular formula is C22H35NO. The molecule has 5 aliphatic rings. The van der Waals surface area contributed by atoms with Gasteiger partial charge in [0.2, 0.25) is 0 Å². The SMILES string of the molecule is CC(C)C1CC[C@@H]2C3CCC4C=CN5CCCC5C4C3OC2(C)C1. The van der Waals surface area contributed by atoms with Crippen LogP contribution < -0.4 is 0 Å². The fourth-order valence-electron chi connectivity index (χ4n) is 7.39. The van der Waals surface area contributed by atoms with E-state index in [2.05, 4.69) is 37.9 Å². The van der Waals surface area contributed by atoms with Gasteiger partial charge in [0.05, 0.1) is 11.7 Å². The molecule has 7 unspecified atom stereocenters. The highest BCUT2D eigenvalue weighted by molar-refractivity contribution is 5.14. The van der Waals surface area contributed by atoms with E-state index in [4.69, 9.17) is 4.74 Å². The summed E-state index contributed by atoms with van der Waals surface area (Å²) in [6, 6.07) is 0.775. The molecule has 0 radical (unpaired) electrons. The van der Waals surface area contributed by atoms with Crippen LogP contribution in [-0.2, 0) is 4.74 Å². The second-order valence-electron chi connectivity index (χ2n) is 10.1. The van der Waals surface area contributed by atoms with E-state index in [1.54, 1.807) is 0 Å². The Morgan fingerprint density at radius 2 is 2.00 bits per heavy atom. The first-order chi connectivity index (χ1) is 11.6. The molecule has 0 aromatic heterocycles. The first-order valence-corrected chi connectivity index (χ1v) is 10.7. The van der Waals surface area contributed by atoms with E-state index >= 15 is 0 Å². The van der Waals surface area contributed by atoms with E-state index in [0.717, 1.165) is 41.5 Å². The fraction of sp³-hybridized carbons (Fsp3) is 0.909. The zero-order valence-electron chi connectivity index (χ0n) is 15.8. The summed E-state index contributed by atoms with van der Waals surface area (Å²) in [5.74, 6) is 4.92. The van der Waals surface area contributed by atoms with Gasteiger partial charge in [-0.3, -0.25) is 0 Å². The van der Waals surface area contributed by atoms with Crippen LogP contribution in [0.5, 0.6) is 0 Å². The molecule has 3 aliphatic heterocycles. The number of hydrogen-bond acceptors (Lipinski definition) is 2. The molecule has 0 aromatic rings. The molecule has 0 N–H and O–H groups in total. The third-order valence-corrected chi connectivity index (χ3v) is 8.61. The number of fused-ring (bicyclic) bond motifs is 7. The maximum absolute atomic E-state index is 7.05. The Bertz CT molecular complexity index is 528. The van der Waals surface area contributed by atoms with Crippen molar-refractivity contribution < 1.29 is 4.74 Å². The van der Waals surface area contributed by atoms with Gasteiger partial charge in [-0.25, -0.2) is 0 Å². The standard InChI is InChI=1S/C22H35NO/c1-14(2)16-7-9-18-17-8-6-15-10-12-23-11-4-5-19(23)20(15)21(17)24-22(18,3)13-16/h10,12,14-21H,4-9,11,13H2,1-3H3/t15?,16?,17?,18-,19?,20?,21?,22?/m1/s1. The quantitative estimate of drug-likeness (QED) is 0.682. The van der Waals surface area contributed by atoms with Crippen molar-refractivity contribution in [1.82, 2.24) is 4.90 Å². The van der Waals surface area contributed by atoms with Gasteiger partial charge >= 0.3 is 0 Å². The van der Waals surface area contributed by atoms with E-state index in [1.807, 2.05) is 0 Å². The smallest absolute Gasteiger partial charge is 0.0693 e. The highest BCUT2D eigenvalue weighted by Gasteiger charge is 2.60. The van der Waals surface area contributed by atoms with E-state index in [0.29, 0.717) is 6.10 Å². The predicted molar refractivity (Wildman–Crippen MR) is 97.5 cm³/mol. The van der Waals surface area contributed by atoms with Gasteiger partial charge in [0, 0.05) is 18.5 Å². The molecule has 2 saturated heterocycles. The topological polar surface area (TPSA) is 12.5 Å². The van der Waals surface area contributed by atoms with Crippen molar-refractivity contribution in [2.75, 3.05) is 6.54 Å². The summed E-state index contributed by atoms with van der Waals surface area (Å²) in [5.41, 5.74) is 0.169. The maximum atomic E-state index is 7.05. The Hall–Kier alpha value is -0.500. The maximum Gasteiger partial charge on any atom is 0.0693 e. The molecule has 0 amide bonds. The lowest BCUT2D eigenvalue weighted by atomic mass is 9.60. The molecule has 24 heavy (non-hydrogen) atoms. The van der Waals surface area contributed by atoms with Gasteiger partial charge in [-0.15, -0.1) is 0 Å². The van der Waals surface area contributed by atoms with Crippen molar-refractivity contribution in [3.05, 3.63) is 12.3 Å². The molecule has 0 bridgehead atoms. The lowest BCUT2D eigenvalue weighted by Crippen LogP contribution is -2.50. The molecule has 2 saturated carbocycles. The predicted octanol–water partition coefficient (Wildman–Crippen LogP) is 4.85. The molecule has 2 nitrogen and oxygen atoms in total.